The zero-order valence-corrected chi connectivity index (χ0v) is 10.2. The molecule has 6 heteroatoms. The van der Waals surface area contributed by atoms with E-state index in [0.717, 1.165) is 24.3 Å². The van der Waals surface area contributed by atoms with Crippen LogP contribution in [-0.4, -0.2) is 38.4 Å². The Labute approximate surface area is 104 Å². The first-order valence-corrected chi connectivity index (χ1v) is 6.40. The highest BCUT2D eigenvalue weighted by Gasteiger charge is 2.24. The molecule has 1 unspecified atom stereocenters. The third-order valence-electron chi connectivity index (χ3n) is 3.28. The third-order valence-corrected chi connectivity index (χ3v) is 3.64. The van der Waals surface area contributed by atoms with E-state index in [1.54, 1.807) is 12.7 Å². The SMILES string of the molecule is ClCC1CCCCN1c1ncnc2nc[nH]c12. The number of nitrogens with one attached hydrogen (secondary N) is 1. The number of halogens is 1. The Bertz CT molecular complexity index is 511. The van der Waals surface area contributed by atoms with Gasteiger partial charge in [-0.25, -0.2) is 15.0 Å². The minimum absolute atomic E-state index is 0.367. The molecular formula is C11H14ClN5. The molecule has 1 N–H and O–H groups in total. The number of aromatic amines is 1. The van der Waals surface area contributed by atoms with Gasteiger partial charge in [0.05, 0.1) is 6.33 Å². The number of hydrogen-bond donors (Lipinski definition) is 1. The standard InChI is InChI=1S/C11H14ClN5/c12-5-8-3-1-2-4-17(8)11-9-10(14-6-13-9)15-7-16-11/h6-8H,1-5H2,(H,13,14,15,16). The molecule has 0 aliphatic carbocycles. The Morgan fingerprint density at radius 3 is 3.18 bits per heavy atom. The van der Waals surface area contributed by atoms with E-state index >= 15 is 0 Å². The van der Waals surface area contributed by atoms with Gasteiger partial charge in [0, 0.05) is 18.5 Å². The molecule has 2 aromatic heterocycles. The molecule has 0 aromatic carbocycles. The topological polar surface area (TPSA) is 57.7 Å². The highest BCUT2D eigenvalue weighted by Crippen LogP contribution is 2.27. The Balaban J connectivity index is 2.04. The van der Waals surface area contributed by atoms with Crippen molar-refractivity contribution in [3.8, 4) is 0 Å². The molecular weight excluding hydrogens is 238 g/mol. The van der Waals surface area contributed by atoms with E-state index in [9.17, 15) is 0 Å². The van der Waals surface area contributed by atoms with Gasteiger partial charge in [0.15, 0.2) is 11.5 Å². The summed E-state index contributed by atoms with van der Waals surface area (Å²) < 4.78 is 0. The van der Waals surface area contributed by atoms with E-state index in [4.69, 9.17) is 11.6 Å². The van der Waals surface area contributed by atoms with Crippen LogP contribution in [0.25, 0.3) is 11.2 Å². The third kappa shape index (κ3) is 1.84. The number of hydrogen-bond acceptors (Lipinski definition) is 4. The van der Waals surface area contributed by atoms with Gasteiger partial charge in [-0.05, 0) is 19.3 Å². The van der Waals surface area contributed by atoms with Crippen LogP contribution in [0.5, 0.6) is 0 Å². The molecule has 1 saturated heterocycles. The number of rotatable bonds is 2. The molecule has 3 heterocycles. The van der Waals surface area contributed by atoms with Crippen LogP contribution in [0.4, 0.5) is 5.82 Å². The summed E-state index contributed by atoms with van der Waals surface area (Å²) in [5, 5.41) is 0. The van der Waals surface area contributed by atoms with Gasteiger partial charge in [0.2, 0.25) is 0 Å². The van der Waals surface area contributed by atoms with Gasteiger partial charge in [-0.1, -0.05) is 0 Å². The average Bonchev–Trinajstić information content (AvgIpc) is 2.86. The highest BCUT2D eigenvalue weighted by atomic mass is 35.5. The van der Waals surface area contributed by atoms with Crippen LogP contribution in [0.1, 0.15) is 19.3 Å². The number of H-pyrrole nitrogens is 1. The number of alkyl halides is 1. The molecule has 90 valence electrons. The Kier molecular flexibility index (Phi) is 2.84. The summed E-state index contributed by atoms with van der Waals surface area (Å²) in [6.45, 7) is 1.00. The van der Waals surface area contributed by atoms with Gasteiger partial charge in [-0.15, -0.1) is 11.6 Å². The number of nitrogens with zero attached hydrogens (tertiary/aromatic N) is 4. The molecule has 0 saturated carbocycles. The summed E-state index contributed by atoms with van der Waals surface area (Å²) in [4.78, 5) is 18.1. The normalized spacial score (nSPS) is 21.0. The van der Waals surface area contributed by atoms with Crippen LogP contribution >= 0.6 is 11.6 Å². The lowest BCUT2D eigenvalue weighted by atomic mass is 10.0. The van der Waals surface area contributed by atoms with Crippen molar-refractivity contribution in [2.45, 2.75) is 25.3 Å². The zero-order valence-electron chi connectivity index (χ0n) is 9.43. The first-order valence-electron chi connectivity index (χ1n) is 5.87. The summed E-state index contributed by atoms with van der Waals surface area (Å²) in [7, 11) is 0. The molecule has 2 aromatic rings. The fourth-order valence-corrected chi connectivity index (χ4v) is 2.73. The number of aromatic nitrogens is 4. The van der Waals surface area contributed by atoms with E-state index < -0.39 is 0 Å². The largest absolute Gasteiger partial charge is 0.351 e. The van der Waals surface area contributed by atoms with Crippen molar-refractivity contribution < 1.29 is 0 Å². The summed E-state index contributed by atoms with van der Waals surface area (Å²) >= 11 is 6.04. The number of fused-ring (bicyclic) bond motifs is 1. The zero-order chi connectivity index (χ0) is 11.7. The quantitative estimate of drug-likeness (QED) is 0.829. The summed E-state index contributed by atoms with van der Waals surface area (Å²) in [6, 6.07) is 0.367. The highest BCUT2D eigenvalue weighted by molar-refractivity contribution is 6.18. The first-order chi connectivity index (χ1) is 8.40. The molecule has 1 aliphatic rings. The van der Waals surface area contributed by atoms with Gasteiger partial charge in [0.25, 0.3) is 0 Å². The van der Waals surface area contributed by atoms with Crippen molar-refractivity contribution >= 4 is 28.6 Å². The summed E-state index contributed by atoms with van der Waals surface area (Å²) in [5.41, 5.74) is 1.62. The van der Waals surface area contributed by atoms with Crippen molar-refractivity contribution in [2.75, 3.05) is 17.3 Å². The molecule has 0 spiro atoms. The van der Waals surface area contributed by atoms with E-state index in [1.165, 1.54) is 12.8 Å². The van der Waals surface area contributed by atoms with E-state index in [1.807, 2.05) is 0 Å². The molecule has 5 nitrogen and oxygen atoms in total. The van der Waals surface area contributed by atoms with Gasteiger partial charge in [-0.3, -0.25) is 0 Å². The smallest absolute Gasteiger partial charge is 0.182 e. The van der Waals surface area contributed by atoms with Gasteiger partial charge in [-0.2, -0.15) is 0 Å². The van der Waals surface area contributed by atoms with Crippen LogP contribution < -0.4 is 4.90 Å². The molecule has 3 rings (SSSR count). The van der Waals surface area contributed by atoms with Gasteiger partial charge >= 0.3 is 0 Å². The van der Waals surface area contributed by atoms with Crippen molar-refractivity contribution in [3.63, 3.8) is 0 Å². The monoisotopic (exact) mass is 251 g/mol. The second-order valence-corrected chi connectivity index (χ2v) is 4.60. The molecule has 0 radical (unpaired) electrons. The first kappa shape index (κ1) is 10.8. The van der Waals surface area contributed by atoms with E-state index in [0.29, 0.717) is 17.6 Å². The minimum atomic E-state index is 0.367. The Morgan fingerprint density at radius 2 is 2.29 bits per heavy atom. The summed E-state index contributed by atoms with van der Waals surface area (Å²) in [6.07, 6.45) is 6.78. The molecule has 17 heavy (non-hydrogen) atoms. The molecule has 1 fully saturated rings. The van der Waals surface area contributed by atoms with Crippen molar-refractivity contribution in [1.29, 1.82) is 0 Å². The number of imidazole rings is 1. The predicted octanol–water partition coefficient (Wildman–Crippen LogP) is 1.95. The Morgan fingerprint density at radius 1 is 1.35 bits per heavy atom. The van der Waals surface area contributed by atoms with Crippen LogP contribution in [0.2, 0.25) is 0 Å². The maximum absolute atomic E-state index is 6.04. The lowest BCUT2D eigenvalue weighted by Gasteiger charge is -2.35. The van der Waals surface area contributed by atoms with E-state index in [-0.39, 0.29) is 0 Å². The van der Waals surface area contributed by atoms with Crippen molar-refractivity contribution in [2.24, 2.45) is 0 Å². The van der Waals surface area contributed by atoms with Crippen molar-refractivity contribution in [1.82, 2.24) is 19.9 Å². The van der Waals surface area contributed by atoms with Crippen LogP contribution in [-0.2, 0) is 0 Å². The van der Waals surface area contributed by atoms with Crippen LogP contribution in [0, 0.1) is 0 Å². The van der Waals surface area contributed by atoms with Gasteiger partial charge < -0.3 is 9.88 Å². The number of piperidine rings is 1. The second kappa shape index (κ2) is 4.49. The summed E-state index contributed by atoms with van der Waals surface area (Å²) in [5.74, 6) is 1.57. The fraction of sp³-hybridized carbons (Fsp3) is 0.545. The predicted molar refractivity (Wildman–Crippen MR) is 67.4 cm³/mol. The molecule has 0 amide bonds. The lowest BCUT2D eigenvalue weighted by molar-refractivity contribution is 0.485. The molecule has 0 bridgehead atoms. The van der Waals surface area contributed by atoms with Gasteiger partial charge in [0.1, 0.15) is 11.8 Å². The average molecular weight is 252 g/mol. The Hall–Kier alpha value is -1.36. The maximum atomic E-state index is 6.04. The van der Waals surface area contributed by atoms with E-state index in [2.05, 4.69) is 24.8 Å². The minimum Gasteiger partial charge on any atom is -0.351 e. The fourth-order valence-electron chi connectivity index (χ4n) is 2.41. The molecule has 1 aliphatic heterocycles. The molecule has 1 atom stereocenters. The maximum Gasteiger partial charge on any atom is 0.182 e. The lowest BCUT2D eigenvalue weighted by Crippen LogP contribution is -2.41. The second-order valence-electron chi connectivity index (χ2n) is 4.30. The van der Waals surface area contributed by atoms with Crippen molar-refractivity contribution in [3.05, 3.63) is 12.7 Å². The van der Waals surface area contributed by atoms with Crippen LogP contribution in [0.15, 0.2) is 12.7 Å². The number of anilines is 1. The van der Waals surface area contributed by atoms with Crippen LogP contribution in [0.3, 0.4) is 0 Å².